The molecule has 0 aliphatic carbocycles. The van der Waals surface area contributed by atoms with Crippen LogP contribution in [0.15, 0.2) is 18.2 Å². The maximum absolute atomic E-state index is 4.39. The molecule has 0 aliphatic heterocycles. The highest BCUT2D eigenvalue weighted by Gasteiger charge is 2.01. The molecule has 0 aliphatic rings. The van der Waals surface area contributed by atoms with E-state index in [9.17, 15) is 0 Å². The predicted molar refractivity (Wildman–Crippen MR) is 65.2 cm³/mol. The second kappa shape index (κ2) is 5.71. The number of nitrogens with one attached hydrogen (secondary N) is 1. The quantitative estimate of drug-likeness (QED) is 0.802. The Kier molecular flexibility index (Phi) is 4.56. The summed E-state index contributed by atoms with van der Waals surface area (Å²) in [6.07, 6.45) is 0. The van der Waals surface area contributed by atoms with Gasteiger partial charge >= 0.3 is 0 Å². The molecule has 3 nitrogen and oxygen atoms in total. The van der Waals surface area contributed by atoms with E-state index in [-0.39, 0.29) is 0 Å². The molecule has 0 amide bonds. The fraction of sp³-hybridized carbons (Fsp3) is 0.583. The number of rotatable bonds is 5. The zero-order chi connectivity index (χ0) is 11.3. The third-order valence-corrected chi connectivity index (χ3v) is 2.54. The fourth-order valence-corrected chi connectivity index (χ4v) is 1.26. The number of aryl methyl sites for hydroxylation is 1. The number of likely N-dealkylation sites (N-methyl/N-ethyl adjacent to an activating group) is 1. The largest absolute Gasteiger partial charge is 0.369 e. The van der Waals surface area contributed by atoms with Crippen LogP contribution in [0.5, 0.6) is 0 Å². The summed E-state index contributed by atoms with van der Waals surface area (Å²) in [5.74, 6) is 0.965. The molecule has 3 heteroatoms. The third-order valence-electron chi connectivity index (χ3n) is 2.54. The molecular weight excluding hydrogens is 186 g/mol. The zero-order valence-corrected chi connectivity index (χ0v) is 10.1. The lowest BCUT2D eigenvalue weighted by Crippen LogP contribution is -2.31. The lowest BCUT2D eigenvalue weighted by molar-refractivity contribution is 0.284. The van der Waals surface area contributed by atoms with Crippen molar-refractivity contribution in [1.29, 1.82) is 0 Å². The molecule has 0 saturated heterocycles. The molecule has 0 bridgehead atoms. The van der Waals surface area contributed by atoms with Crippen LogP contribution in [0.25, 0.3) is 0 Å². The Hall–Kier alpha value is -1.09. The van der Waals surface area contributed by atoms with Crippen molar-refractivity contribution in [2.45, 2.75) is 26.8 Å². The van der Waals surface area contributed by atoms with Gasteiger partial charge in [-0.2, -0.15) is 0 Å². The van der Waals surface area contributed by atoms with Gasteiger partial charge in [0.1, 0.15) is 5.82 Å². The highest BCUT2D eigenvalue weighted by atomic mass is 15.1. The molecule has 1 heterocycles. The van der Waals surface area contributed by atoms with Crippen molar-refractivity contribution in [3.8, 4) is 0 Å². The van der Waals surface area contributed by atoms with Gasteiger partial charge in [0, 0.05) is 24.8 Å². The van der Waals surface area contributed by atoms with Gasteiger partial charge in [-0.1, -0.05) is 6.07 Å². The minimum absolute atomic E-state index is 0.595. The van der Waals surface area contributed by atoms with Crippen molar-refractivity contribution < 1.29 is 0 Å². The lowest BCUT2D eigenvalue weighted by Gasteiger charge is -2.21. The van der Waals surface area contributed by atoms with Gasteiger partial charge in [0.05, 0.1) is 0 Å². The predicted octanol–water partition coefficient (Wildman–Crippen LogP) is 2.14. The molecule has 0 saturated carbocycles. The van der Waals surface area contributed by atoms with Gasteiger partial charge in [0.15, 0.2) is 0 Å². The molecule has 84 valence electrons. The maximum atomic E-state index is 4.39. The van der Waals surface area contributed by atoms with Crippen molar-refractivity contribution in [2.75, 3.05) is 25.5 Å². The zero-order valence-electron chi connectivity index (χ0n) is 10.1. The molecule has 0 unspecified atom stereocenters. The first-order valence-corrected chi connectivity index (χ1v) is 5.47. The summed E-state index contributed by atoms with van der Waals surface area (Å²) in [6, 6.07) is 6.63. The summed E-state index contributed by atoms with van der Waals surface area (Å²) < 4.78 is 0. The SMILES string of the molecule is Cc1cccc(NCCN(C)C(C)C)n1. The van der Waals surface area contributed by atoms with Crippen LogP contribution in [0.2, 0.25) is 0 Å². The highest BCUT2D eigenvalue weighted by Crippen LogP contribution is 2.03. The smallest absolute Gasteiger partial charge is 0.126 e. The van der Waals surface area contributed by atoms with E-state index in [0.717, 1.165) is 24.6 Å². The van der Waals surface area contributed by atoms with E-state index in [1.54, 1.807) is 0 Å². The molecule has 15 heavy (non-hydrogen) atoms. The van der Waals surface area contributed by atoms with Crippen LogP contribution in [-0.4, -0.2) is 36.1 Å². The topological polar surface area (TPSA) is 28.2 Å². The van der Waals surface area contributed by atoms with Gasteiger partial charge < -0.3 is 10.2 Å². The summed E-state index contributed by atoms with van der Waals surface area (Å²) in [4.78, 5) is 6.69. The molecule has 1 N–H and O–H groups in total. The van der Waals surface area contributed by atoms with Crippen molar-refractivity contribution >= 4 is 5.82 Å². The standard InChI is InChI=1S/C12H21N3/c1-10(2)15(4)9-8-13-12-7-5-6-11(3)14-12/h5-7,10H,8-9H2,1-4H3,(H,13,14). The Bertz CT molecular complexity index is 297. The first kappa shape index (κ1) is 12.0. The van der Waals surface area contributed by atoms with Crippen LogP contribution in [0, 0.1) is 6.92 Å². The average molecular weight is 207 g/mol. The third kappa shape index (κ3) is 4.30. The number of pyridine rings is 1. The van der Waals surface area contributed by atoms with Gasteiger partial charge in [-0.25, -0.2) is 4.98 Å². The number of aromatic nitrogens is 1. The Morgan fingerprint density at radius 1 is 1.40 bits per heavy atom. The fourth-order valence-electron chi connectivity index (χ4n) is 1.26. The minimum atomic E-state index is 0.595. The molecule has 0 radical (unpaired) electrons. The van der Waals surface area contributed by atoms with Crippen LogP contribution >= 0.6 is 0 Å². The van der Waals surface area contributed by atoms with Gasteiger partial charge in [-0.05, 0) is 40.0 Å². The van der Waals surface area contributed by atoms with Crippen LogP contribution in [0.4, 0.5) is 5.82 Å². The van der Waals surface area contributed by atoms with E-state index in [0.29, 0.717) is 6.04 Å². The van der Waals surface area contributed by atoms with Crippen molar-refractivity contribution in [3.05, 3.63) is 23.9 Å². The first-order chi connectivity index (χ1) is 7.09. The number of hydrogen-bond donors (Lipinski definition) is 1. The van der Waals surface area contributed by atoms with Gasteiger partial charge in [-0.15, -0.1) is 0 Å². The van der Waals surface area contributed by atoms with Gasteiger partial charge in [-0.3, -0.25) is 0 Å². The average Bonchev–Trinajstić information content (AvgIpc) is 2.17. The Balaban J connectivity index is 2.32. The molecule has 0 spiro atoms. The van der Waals surface area contributed by atoms with Crippen LogP contribution in [0.3, 0.4) is 0 Å². The highest BCUT2D eigenvalue weighted by molar-refractivity contribution is 5.34. The second-order valence-corrected chi connectivity index (χ2v) is 4.17. The summed E-state index contributed by atoms with van der Waals surface area (Å²) in [5.41, 5.74) is 1.05. The Morgan fingerprint density at radius 2 is 2.13 bits per heavy atom. The second-order valence-electron chi connectivity index (χ2n) is 4.17. The van der Waals surface area contributed by atoms with Crippen molar-refractivity contribution in [1.82, 2.24) is 9.88 Å². The number of anilines is 1. The van der Waals surface area contributed by atoms with E-state index in [1.807, 2.05) is 25.1 Å². The maximum Gasteiger partial charge on any atom is 0.126 e. The van der Waals surface area contributed by atoms with E-state index >= 15 is 0 Å². The number of nitrogens with zero attached hydrogens (tertiary/aromatic N) is 2. The van der Waals surface area contributed by atoms with E-state index in [2.05, 4.69) is 36.1 Å². The van der Waals surface area contributed by atoms with Gasteiger partial charge in [0.2, 0.25) is 0 Å². The van der Waals surface area contributed by atoms with Crippen LogP contribution in [-0.2, 0) is 0 Å². The minimum Gasteiger partial charge on any atom is -0.369 e. The molecule has 1 aromatic heterocycles. The summed E-state index contributed by atoms with van der Waals surface area (Å²) in [5, 5.41) is 3.32. The Morgan fingerprint density at radius 3 is 2.73 bits per heavy atom. The molecule has 0 fully saturated rings. The van der Waals surface area contributed by atoms with E-state index < -0.39 is 0 Å². The number of hydrogen-bond acceptors (Lipinski definition) is 3. The van der Waals surface area contributed by atoms with Gasteiger partial charge in [0.25, 0.3) is 0 Å². The van der Waals surface area contributed by atoms with Crippen LogP contribution < -0.4 is 5.32 Å². The molecule has 0 atom stereocenters. The first-order valence-electron chi connectivity index (χ1n) is 5.47. The molecule has 1 rings (SSSR count). The lowest BCUT2D eigenvalue weighted by atomic mass is 10.3. The Labute approximate surface area is 92.5 Å². The monoisotopic (exact) mass is 207 g/mol. The summed E-state index contributed by atoms with van der Waals surface area (Å²) in [6.45, 7) is 8.37. The van der Waals surface area contributed by atoms with Crippen molar-refractivity contribution in [2.24, 2.45) is 0 Å². The normalized spacial score (nSPS) is 11.1. The molecule has 0 aromatic carbocycles. The molecule has 1 aromatic rings. The van der Waals surface area contributed by atoms with E-state index in [4.69, 9.17) is 0 Å². The van der Waals surface area contributed by atoms with Crippen LogP contribution in [0.1, 0.15) is 19.5 Å². The summed E-state index contributed by atoms with van der Waals surface area (Å²) in [7, 11) is 2.13. The van der Waals surface area contributed by atoms with E-state index in [1.165, 1.54) is 0 Å². The molecular formula is C12H21N3. The van der Waals surface area contributed by atoms with Crippen molar-refractivity contribution in [3.63, 3.8) is 0 Å². The summed E-state index contributed by atoms with van der Waals surface area (Å²) >= 11 is 0.